The fourth-order valence-corrected chi connectivity index (χ4v) is 1.81. The summed E-state index contributed by atoms with van der Waals surface area (Å²) in [7, 11) is 0. The quantitative estimate of drug-likeness (QED) is 0.547. The minimum Gasteiger partial charge on any atom is -0.300 e. The largest absolute Gasteiger partial charge is 0.300 e. The van der Waals surface area contributed by atoms with Gasteiger partial charge in [-0.15, -0.1) is 0 Å². The van der Waals surface area contributed by atoms with E-state index in [0.29, 0.717) is 5.56 Å². The molecule has 19 heavy (non-hydrogen) atoms. The van der Waals surface area contributed by atoms with Crippen LogP contribution in [-0.2, 0) is 0 Å². The molecule has 0 aliphatic carbocycles. The zero-order valence-electron chi connectivity index (χ0n) is 9.97. The Morgan fingerprint density at radius 1 is 1.26 bits per heavy atom. The highest BCUT2D eigenvalue weighted by Crippen LogP contribution is 2.14. The van der Waals surface area contributed by atoms with Crippen molar-refractivity contribution in [3.8, 4) is 0 Å². The molecule has 0 bridgehead atoms. The normalized spacial score (nSPS) is 11.4. The maximum atomic E-state index is 12.7. The number of H-pyrrole nitrogens is 1. The molecule has 0 unspecified atom stereocenters. The van der Waals surface area contributed by atoms with Crippen LogP contribution in [-0.4, -0.2) is 20.5 Å². The van der Waals surface area contributed by atoms with Gasteiger partial charge in [0.1, 0.15) is 0 Å². The average Bonchev–Trinajstić information content (AvgIpc) is 2.40. The molecule has 94 valence electrons. The Morgan fingerprint density at radius 3 is 2.84 bits per heavy atom. The molecule has 0 aliphatic rings. The summed E-state index contributed by atoms with van der Waals surface area (Å²) in [5.41, 5.74) is 2.97. The molecule has 0 saturated heterocycles. The van der Waals surface area contributed by atoms with Gasteiger partial charge in [-0.1, -0.05) is 12.1 Å². The number of benzene rings is 1. The molecule has 0 atom stereocenters. The molecule has 2 aromatic heterocycles. The van der Waals surface area contributed by atoms with Gasteiger partial charge in [0.05, 0.1) is 16.7 Å². The molecule has 0 radical (unpaired) electrons. The number of halogens is 1. The summed E-state index contributed by atoms with van der Waals surface area (Å²) in [6, 6.07) is 10.7. The number of pyridine rings is 1. The number of rotatable bonds is 3. The van der Waals surface area contributed by atoms with Crippen LogP contribution < -0.4 is 0 Å². The number of allylic oxidation sites excluding steroid dienone is 1. The summed E-state index contributed by atoms with van der Waals surface area (Å²) in [5.74, 6) is -0.543. The second-order valence-corrected chi connectivity index (χ2v) is 4.10. The van der Waals surface area contributed by atoms with Crippen molar-refractivity contribution in [1.82, 2.24) is 14.8 Å². The first-order valence-electron chi connectivity index (χ1n) is 5.77. The Balaban J connectivity index is 1.80. The highest BCUT2D eigenvalue weighted by atomic mass is 19.1. The molecule has 3 rings (SSSR count). The molecule has 1 aromatic carbocycles. The van der Waals surface area contributed by atoms with Crippen LogP contribution >= 0.6 is 0 Å². The van der Waals surface area contributed by atoms with Crippen molar-refractivity contribution in [2.45, 2.75) is 0 Å². The Kier molecular flexibility index (Phi) is 2.72. The molecular formula is C14H11FN4. The van der Waals surface area contributed by atoms with E-state index < -0.39 is 5.95 Å². The molecule has 3 aromatic rings. The third kappa shape index (κ3) is 2.18. The van der Waals surface area contributed by atoms with Crippen LogP contribution in [0.3, 0.4) is 0 Å². The van der Waals surface area contributed by atoms with Crippen LogP contribution in [0.15, 0.2) is 48.7 Å². The number of hydrogen-bond donors (Lipinski definition) is 2. The van der Waals surface area contributed by atoms with Gasteiger partial charge in [0, 0.05) is 18.0 Å². The molecule has 2 N–H and O–H groups in total. The van der Waals surface area contributed by atoms with Crippen LogP contribution in [0.2, 0.25) is 0 Å². The second kappa shape index (κ2) is 4.53. The van der Waals surface area contributed by atoms with E-state index in [1.807, 2.05) is 28.9 Å². The Labute approximate surface area is 108 Å². The number of para-hydroxylation sites is 2. The van der Waals surface area contributed by atoms with Crippen molar-refractivity contribution >= 4 is 22.9 Å². The van der Waals surface area contributed by atoms with Gasteiger partial charge in [0.25, 0.3) is 0 Å². The van der Waals surface area contributed by atoms with Crippen molar-refractivity contribution in [2.75, 3.05) is 0 Å². The number of nitrogens with one attached hydrogen (secondary N) is 2. The third-order valence-corrected chi connectivity index (χ3v) is 2.83. The van der Waals surface area contributed by atoms with E-state index in [1.165, 1.54) is 18.3 Å². The molecule has 0 aliphatic heterocycles. The topological polar surface area (TPSA) is 57.5 Å². The van der Waals surface area contributed by atoms with Crippen LogP contribution in [0.25, 0.3) is 17.2 Å². The van der Waals surface area contributed by atoms with E-state index in [-0.39, 0.29) is 5.71 Å². The van der Waals surface area contributed by atoms with Gasteiger partial charge in [-0.3, -0.25) is 9.78 Å². The second-order valence-electron chi connectivity index (χ2n) is 4.10. The SMILES string of the molecule is N=C(/C=C\n1[nH]c2ccccc21)c1ccc(F)nc1. The number of aromatic amines is 1. The van der Waals surface area contributed by atoms with Crippen molar-refractivity contribution in [3.63, 3.8) is 0 Å². The van der Waals surface area contributed by atoms with Gasteiger partial charge in [0.2, 0.25) is 5.95 Å². The highest BCUT2D eigenvalue weighted by Gasteiger charge is 2.02. The Hall–Kier alpha value is -2.69. The van der Waals surface area contributed by atoms with Crippen molar-refractivity contribution in [1.29, 1.82) is 5.41 Å². The number of aromatic nitrogens is 3. The lowest BCUT2D eigenvalue weighted by Crippen LogP contribution is -2.04. The van der Waals surface area contributed by atoms with E-state index in [0.717, 1.165) is 11.0 Å². The predicted octanol–water partition coefficient (Wildman–Crippen LogP) is 3.04. The third-order valence-electron chi connectivity index (χ3n) is 2.83. The molecule has 2 heterocycles. The zero-order valence-corrected chi connectivity index (χ0v) is 9.97. The lowest BCUT2D eigenvalue weighted by molar-refractivity contribution is 0.583. The summed E-state index contributed by atoms with van der Waals surface area (Å²) in [6.45, 7) is 0. The molecular weight excluding hydrogens is 243 g/mol. The molecule has 0 fully saturated rings. The standard InChI is InChI=1S/C14H11FN4/c15-14-6-5-10(9-17-14)11(16)7-8-19-13-4-2-1-3-12(13)18-19/h1-9,16,18H/b8-7-,16-11?. The maximum absolute atomic E-state index is 12.7. The summed E-state index contributed by atoms with van der Waals surface area (Å²) < 4.78 is 14.5. The lowest BCUT2D eigenvalue weighted by atomic mass is 10.2. The maximum Gasteiger partial charge on any atom is 0.212 e. The van der Waals surface area contributed by atoms with Gasteiger partial charge in [0.15, 0.2) is 0 Å². The number of nitrogens with zero attached hydrogens (tertiary/aromatic N) is 2. The summed E-state index contributed by atoms with van der Waals surface area (Å²) >= 11 is 0. The lowest BCUT2D eigenvalue weighted by Gasteiger charge is -2.12. The summed E-state index contributed by atoms with van der Waals surface area (Å²) in [6.07, 6.45) is 4.74. The van der Waals surface area contributed by atoms with Crippen molar-refractivity contribution in [3.05, 3.63) is 60.2 Å². The average molecular weight is 254 g/mol. The molecule has 0 amide bonds. The van der Waals surface area contributed by atoms with Crippen molar-refractivity contribution < 1.29 is 4.39 Å². The number of hydrogen-bond acceptors (Lipinski definition) is 2. The van der Waals surface area contributed by atoms with Crippen molar-refractivity contribution in [2.24, 2.45) is 0 Å². The monoisotopic (exact) mass is 254 g/mol. The molecule has 5 heteroatoms. The van der Waals surface area contributed by atoms with Crippen LogP contribution in [0.5, 0.6) is 0 Å². The van der Waals surface area contributed by atoms with Crippen LogP contribution in [0, 0.1) is 11.4 Å². The molecule has 0 spiro atoms. The Bertz CT molecular complexity index is 749. The number of fused-ring (bicyclic) bond motifs is 1. The fraction of sp³-hybridized carbons (Fsp3) is 0. The Morgan fingerprint density at radius 2 is 2.11 bits per heavy atom. The van der Waals surface area contributed by atoms with Gasteiger partial charge in [-0.2, -0.15) is 4.39 Å². The van der Waals surface area contributed by atoms with Gasteiger partial charge in [-0.25, -0.2) is 4.98 Å². The minimum absolute atomic E-state index is 0.277. The predicted molar refractivity (Wildman–Crippen MR) is 72.6 cm³/mol. The summed E-state index contributed by atoms with van der Waals surface area (Å²) in [4.78, 5) is 3.53. The first-order chi connectivity index (χ1) is 9.24. The fourth-order valence-electron chi connectivity index (χ4n) is 1.81. The zero-order chi connectivity index (χ0) is 13.2. The van der Waals surface area contributed by atoms with E-state index in [9.17, 15) is 4.39 Å². The molecule has 4 nitrogen and oxygen atoms in total. The van der Waals surface area contributed by atoms with E-state index >= 15 is 0 Å². The van der Waals surface area contributed by atoms with Crippen LogP contribution in [0.4, 0.5) is 4.39 Å². The van der Waals surface area contributed by atoms with Gasteiger partial charge < -0.3 is 5.41 Å². The van der Waals surface area contributed by atoms with Gasteiger partial charge >= 0.3 is 0 Å². The highest BCUT2D eigenvalue weighted by molar-refractivity contribution is 6.07. The van der Waals surface area contributed by atoms with E-state index in [1.54, 1.807) is 12.3 Å². The first-order valence-corrected chi connectivity index (χ1v) is 5.77. The van der Waals surface area contributed by atoms with E-state index in [2.05, 4.69) is 10.1 Å². The first kappa shape index (κ1) is 11.4. The minimum atomic E-state index is -0.543. The van der Waals surface area contributed by atoms with Gasteiger partial charge in [-0.05, 0) is 30.3 Å². The summed E-state index contributed by atoms with van der Waals surface area (Å²) in [5, 5.41) is 11.0. The smallest absolute Gasteiger partial charge is 0.212 e. The van der Waals surface area contributed by atoms with Crippen LogP contribution in [0.1, 0.15) is 5.56 Å². The van der Waals surface area contributed by atoms with E-state index in [4.69, 9.17) is 5.41 Å². The molecule has 0 saturated carbocycles.